The van der Waals surface area contributed by atoms with Crippen molar-refractivity contribution in [2.45, 2.75) is 127 Å². The van der Waals surface area contributed by atoms with Crippen LogP contribution in [0.15, 0.2) is 71.8 Å². The van der Waals surface area contributed by atoms with Crippen molar-refractivity contribution in [1.29, 1.82) is 0 Å². The molecule has 12 unspecified atom stereocenters. The summed E-state index contributed by atoms with van der Waals surface area (Å²) < 4.78 is 48.6. The van der Waals surface area contributed by atoms with E-state index in [-0.39, 0.29) is 37.2 Å². The molecule has 8 rings (SSSR count). The van der Waals surface area contributed by atoms with Gasteiger partial charge in [0.15, 0.2) is 11.4 Å². The van der Waals surface area contributed by atoms with Gasteiger partial charge in [0.05, 0.1) is 42.4 Å². The Hall–Kier alpha value is -5.69. The van der Waals surface area contributed by atoms with Gasteiger partial charge < -0.3 is 53.4 Å². The highest BCUT2D eigenvalue weighted by molar-refractivity contribution is 5.96. The number of ketones is 1. The van der Waals surface area contributed by atoms with Crippen LogP contribution in [0.3, 0.4) is 0 Å². The largest absolute Gasteiger partial charge is 0.481 e. The van der Waals surface area contributed by atoms with Crippen LogP contribution in [0.1, 0.15) is 95.6 Å². The van der Waals surface area contributed by atoms with Gasteiger partial charge in [-0.1, -0.05) is 48.5 Å². The van der Waals surface area contributed by atoms with Gasteiger partial charge in [0.1, 0.15) is 35.6 Å². The summed E-state index contributed by atoms with van der Waals surface area (Å²) >= 11 is 0. The SMILES string of the molecule is COC1C(=O)C2(C)C(OC)CCOCC(OC(C)=O)C2C2(OC(=O)c3ccccc3)C3CC34C1=C(C)C(OC(=O)C(OC(=O)CCC(=O)O)C(NC(=O)OC(C)(C)C)c1ccccc1)CC42O. The van der Waals surface area contributed by atoms with Crippen LogP contribution in [0.25, 0.3) is 0 Å². The number of rotatable bonds is 14. The second kappa shape index (κ2) is 18.4. The summed E-state index contributed by atoms with van der Waals surface area (Å²) in [5.41, 5.74) is -7.17. The third-order valence-electron chi connectivity index (χ3n) is 14.3. The third-order valence-corrected chi connectivity index (χ3v) is 14.3. The maximum atomic E-state index is 15.7. The zero-order valence-electron chi connectivity index (χ0n) is 38.9. The van der Waals surface area contributed by atoms with Crippen LogP contribution in [-0.4, -0.2) is 127 Å². The minimum atomic E-state index is -2.19. The maximum Gasteiger partial charge on any atom is 0.408 e. The van der Waals surface area contributed by atoms with Crippen LogP contribution in [-0.2, 0) is 61.9 Å². The second-order valence-corrected chi connectivity index (χ2v) is 19.2. The predicted molar refractivity (Wildman–Crippen MR) is 232 cm³/mol. The first-order chi connectivity index (χ1) is 31.6. The minimum Gasteiger partial charge on any atom is -0.481 e. The van der Waals surface area contributed by atoms with Crippen LogP contribution in [0.2, 0.25) is 0 Å². The molecule has 12 atom stereocenters. The van der Waals surface area contributed by atoms with Crippen molar-refractivity contribution in [2.24, 2.45) is 22.7 Å². The molecule has 18 heteroatoms. The van der Waals surface area contributed by atoms with E-state index in [4.69, 9.17) is 37.9 Å². The van der Waals surface area contributed by atoms with E-state index in [0.29, 0.717) is 11.1 Å². The zero-order chi connectivity index (χ0) is 48.9. The third kappa shape index (κ3) is 8.39. The molecule has 1 aliphatic heterocycles. The summed E-state index contributed by atoms with van der Waals surface area (Å²) in [6.07, 6.45) is -9.45. The summed E-state index contributed by atoms with van der Waals surface area (Å²) in [7, 11) is 2.76. The van der Waals surface area contributed by atoms with E-state index in [1.165, 1.54) is 33.3 Å². The first-order valence-corrected chi connectivity index (χ1v) is 22.3. The molecule has 1 saturated heterocycles. The van der Waals surface area contributed by atoms with E-state index in [9.17, 15) is 39.0 Å². The number of carbonyl (C=O) groups excluding carboxylic acids is 6. The van der Waals surface area contributed by atoms with Gasteiger partial charge in [-0.05, 0) is 76.3 Å². The Morgan fingerprint density at radius 1 is 0.925 bits per heavy atom. The fourth-order valence-corrected chi connectivity index (χ4v) is 11.7. The Labute approximate surface area is 387 Å². The number of carbonyl (C=O) groups is 7. The summed E-state index contributed by atoms with van der Waals surface area (Å²) in [5, 5.41) is 25.9. The van der Waals surface area contributed by atoms with Crippen LogP contribution in [0.5, 0.6) is 0 Å². The number of hydrogen-bond acceptors (Lipinski definition) is 16. The summed E-state index contributed by atoms with van der Waals surface area (Å²) in [4.78, 5) is 96.6. The molecule has 67 heavy (non-hydrogen) atoms. The van der Waals surface area contributed by atoms with Gasteiger partial charge in [0.2, 0.25) is 6.10 Å². The normalized spacial score (nSPS) is 32.6. The maximum absolute atomic E-state index is 15.7. The Balaban J connectivity index is 1.40. The van der Waals surface area contributed by atoms with Gasteiger partial charge in [0.25, 0.3) is 0 Å². The van der Waals surface area contributed by atoms with Crippen LogP contribution >= 0.6 is 0 Å². The number of benzene rings is 2. The molecule has 5 fully saturated rings. The van der Waals surface area contributed by atoms with Crippen molar-refractivity contribution in [3.05, 3.63) is 82.9 Å². The second-order valence-electron chi connectivity index (χ2n) is 19.2. The van der Waals surface area contributed by atoms with Crippen molar-refractivity contribution in [3.8, 4) is 0 Å². The van der Waals surface area contributed by atoms with Crippen LogP contribution in [0.4, 0.5) is 4.79 Å². The zero-order valence-corrected chi connectivity index (χ0v) is 38.9. The molecule has 2 aromatic carbocycles. The summed E-state index contributed by atoms with van der Waals surface area (Å²) in [6.45, 7) is 9.20. The fraction of sp³-hybridized carbons (Fsp3) is 0.571. The lowest BCUT2D eigenvalue weighted by molar-refractivity contribution is -0.330. The molecular formula is C49H59NO17. The molecule has 4 bridgehead atoms. The van der Waals surface area contributed by atoms with Gasteiger partial charge in [-0.25, -0.2) is 14.4 Å². The smallest absolute Gasteiger partial charge is 0.408 e. The molecule has 0 radical (unpaired) electrons. The van der Waals surface area contributed by atoms with Gasteiger partial charge in [-0.15, -0.1) is 0 Å². The Kier molecular flexibility index (Phi) is 13.5. The summed E-state index contributed by atoms with van der Waals surface area (Å²) in [6, 6.07) is 14.6. The lowest BCUT2D eigenvalue weighted by atomic mass is 9.39. The number of amides is 1. The standard InChI is InChI=1S/C49H59NO17/c1-26-30(64-43(57)39(65-35(54)20-19-34(52)53)37(28-15-11-9-12-16-28)50-44(58)67-45(3,4)5)23-48(59)47-24-32(47)49(48,66-42(56)29-17-13-10-14-18-29)40-31(63-27(2)51)25-62-22-21-33(60-7)46(40,6)41(55)38(61-8)36(26)47/h9-18,30-33,37-40,59H,19-25H2,1-8H3,(H,50,58)(H,52,53). The van der Waals surface area contributed by atoms with E-state index in [0.717, 1.165) is 0 Å². The molecule has 1 heterocycles. The fourth-order valence-electron chi connectivity index (χ4n) is 11.7. The van der Waals surface area contributed by atoms with E-state index in [1.54, 1.807) is 83.1 Å². The number of fused-ring (bicyclic) bond motifs is 1. The first kappa shape index (κ1) is 49.2. The van der Waals surface area contributed by atoms with Crippen LogP contribution in [0, 0.1) is 22.7 Å². The Bertz CT molecular complexity index is 2310. The minimum absolute atomic E-state index is 0.104. The number of hydrogen-bond donors (Lipinski definition) is 3. The number of aliphatic hydroxyl groups is 1. The van der Waals surface area contributed by atoms with Crippen molar-refractivity contribution < 1.29 is 81.7 Å². The van der Waals surface area contributed by atoms with E-state index < -0.39 is 137 Å². The molecular weight excluding hydrogens is 875 g/mol. The summed E-state index contributed by atoms with van der Waals surface area (Å²) in [5.74, 6) is -7.79. The Morgan fingerprint density at radius 3 is 2.18 bits per heavy atom. The molecule has 0 aromatic heterocycles. The number of carboxylic acids is 1. The van der Waals surface area contributed by atoms with E-state index in [1.807, 2.05) is 0 Å². The Morgan fingerprint density at radius 2 is 1.58 bits per heavy atom. The average Bonchev–Trinajstić information content (AvgIpc) is 3.98. The van der Waals surface area contributed by atoms with Crippen molar-refractivity contribution in [3.63, 3.8) is 0 Å². The van der Waals surface area contributed by atoms with Gasteiger partial charge in [0, 0.05) is 45.5 Å². The highest BCUT2D eigenvalue weighted by atomic mass is 16.6. The van der Waals surface area contributed by atoms with Gasteiger partial charge >= 0.3 is 35.9 Å². The van der Waals surface area contributed by atoms with Gasteiger partial charge in [-0.3, -0.25) is 19.2 Å². The number of nitrogens with one attached hydrogen (secondary N) is 1. The highest BCUT2D eigenvalue weighted by Crippen LogP contribution is 2.88. The lowest BCUT2D eigenvalue weighted by Crippen LogP contribution is -2.84. The molecule has 5 aliphatic carbocycles. The van der Waals surface area contributed by atoms with E-state index >= 15 is 4.79 Å². The molecule has 1 spiro atoms. The average molecular weight is 934 g/mol. The lowest BCUT2D eigenvalue weighted by Gasteiger charge is -2.70. The number of aliphatic carboxylic acids is 1. The predicted octanol–water partition coefficient (Wildman–Crippen LogP) is 4.60. The molecule has 1 amide bonds. The topological polar surface area (TPSA) is 246 Å². The molecule has 18 nitrogen and oxygen atoms in total. The molecule has 2 aromatic rings. The first-order valence-electron chi connectivity index (χ1n) is 22.3. The number of ether oxygens (including phenoxy) is 8. The number of Topliss-reactive ketones (excluding diaryl/α,β-unsaturated/α-hetero) is 1. The highest BCUT2D eigenvalue weighted by Gasteiger charge is 2.97. The number of alkyl carbamates (subject to hydrolysis) is 1. The van der Waals surface area contributed by atoms with Gasteiger partial charge in [-0.2, -0.15) is 0 Å². The quantitative estimate of drug-likeness (QED) is 0.133. The van der Waals surface area contributed by atoms with Crippen molar-refractivity contribution in [2.75, 3.05) is 27.4 Å². The molecule has 4 saturated carbocycles. The number of carboxylic acid groups (broad SMARTS) is 1. The number of esters is 4. The van der Waals surface area contributed by atoms with E-state index in [2.05, 4.69) is 5.32 Å². The van der Waals surface area contributed by atoms with Crippen molar-refractivity contribution >= 4 is 41.7 Å². The molecule has 3 N–H and O–H groups in total. The molecule has 6 aliphatic rings. The molecule has 362 valence electrons. The van der Waals surface area contributed by atoms with Crippen LogP contribution < -0.4 is 5.32 Å². The monoisotopic (exact) mass is 933 g/mol. The van der Waals surface area contributed by atoms with Crippen molar-refractivity contribution in [1.82, 2.24) is 5.32 Å². The number of methoxy groups -OCH3 is 2.